The lowest BCUT2D eigenvalue weighted by Gasteiger charge is -2.27. The quantitative estimate of drug-likeness (QED) is 0.798. The summed E-state index contributed by atoms with van der Waals surface area (Å²) in [6, 6.07) is 14.8. The van der Waals surface area contributed by atoms with Crippen LogP contribution in [0.15, 0.2) is 70.5 Å². The Hall–Kier alpha value is -2.60. The smallest absolute Gasteiger partial charge is 0.333 e. The number of sulfone groups is 1. The van der Waals surface area contributed by atoms with Crippen LogP contribution in [0.5, 0.6) is 5.75 Å². The molecule has 3 rings (SSSR count). The van der Waals surface area contributed by atoms with Crippen LogP contribution in [0.4, 0.5) is 0 Å². The van der Waals surface area contributed by atoms with Gasteiger partial charge in [0.15, 0.2) is 5.60 Å². The van der Waals surface area contributed by atoms with Crippen molar-refractivity contribution in [2.24, 2.45) is 0 Å². The first kappa shape index (κ1) is 16.3. The van der Waals surface area contributed by atoms with E-state index in [1.807, 2.05) is 6.07 Å². The molecule has 24 heavy (non-hydrogen) atoms. The zero-order valence-electron chi connectivity index (χ0n) is 13.2. The highest BCUT2D eigenvalue weighted by Gasteiger charge is 2.47. The van der Waals surface area contributed by atoms with E-state index in [0.29, 0.717) is 11.3 Å². The second-order valence-electron chi connectivity index (χ2n) is 5.51. The number of carbonyl (C=O) groups is 1. The maximum Gasteiger partial charge on any atom is 0.333 e. The van der Waals surface area contributed by atoms with E-state index in [1.54, 1.807) is 43.3 Å². The average Bonchev–Trinajstić information content (AvgIpc) is 2.92. The maximum atomic E-state index is 13.0. The van der Waals surface area contributed by atoms with Crippen LogP contribution >= 0.6 is 0 Å². The van der Waals surface area contributed by atoms with E-state index in [4.69, 9.17) is 9.47 Å². The Kier molecular flexibility index (Phi) is 3.93. The lowest BCUT2D eigenvalue weighted by Crippen LogP contribution is -2.29. The molecule has 0 saturated heterocycles. The third-order valence-corrected chi connectivity index (χ3v) is 5.99. The lowest BCUT2D eigenvalue weighted by atomic mass is 9.96. The van der Waals surface area contributed by atoms with Gasteiger partial charge in [-0.05, 0) is 31.2 Å². The molecular weight excluding hydrogens is 328 g/mol. The minimum Gasteiger partial charge on any atom is -0.497 e. The number of esters is 1. The number of hydrogen-bond donors (Lipinski definition) is 0. The van der Waals surface area contributed by atoms with Crippen molar-refractivity contribution in [1.82, 2.24) is 0 Å². The van der Waals surface area contributed by atoms with Crippen LogP contribution in [-0.2, 0) is 25.0 Å². The number of rotatable bonds is 4. The summed E-state index contributed by atoms with van der Waals surface area (Å²) in [6.07, 6.45) is 1.05. The van der Waals surface area contributed by atoms with Crippen LogP contribution < -0.4 is 4.74 Å². The van der Waals surface area contributed by atoms with Crippen molar-refractivity contribution in [3.05, 3.63) is 71.1 Å². The van der Waals surface area contributed by atoms with E-state index in [1.165, 1.54) is 19.2 Å². The molecule has 5 nitrogen and oxygen atoms in total. The second-order valence-corrected chi connectivity index (χ2v) is 7.43. The largest absolute Gasteiger partial charge is 0.497 e. The summed E-state index contributed by atoms with van der Waals surface area (Å²) in [7, 11) is -2.39. The molecule has 0 radical (unpaired) electrons. The third-order valence-electron chi connectivity index (χ3n) is 4.01. The van der Waals surface area contributed by atoms with Crippen LogP contribution in [0.2, 0.25) is 0 Å². The highest BCUT2D eigenvalue weighted by molar-refractivity contribution is 7.95. The number of hydrogen-bond acceptors (Lipinski definition) is 5. The van der Waals surface area contributed by atoms with Gasteiger partial charge in [-0.1, -0.05) is 30.3 Å². The molecule has 0 spiro atoms. The van der Waals surface area contributed by atoms with Gasteiger partial charge in [-0.3, -0.25) is 0 Å². The third kappa shape index (κ3) is 2.59. The predicted octanol–water partition coefficient (Wildman–Crippen LogP) is 2.83. The van der Waals surface area contributed by atoms with Gasteiger partial charge in [0, 0.05) is 11.6 Å². The molecule has 0 aromatic heterocycles. The lowest BCUT2D eigenvalue weighted by molar-refractivity contribution is -0.145. The highest BCUT2D eigenvalue weighted by Crippen LogP contribution is 2.43. The number of ether oxygens (including phenoxy) is 2. The molecule has 0 aliphatic carbocycles. The standard InChI is InChI=1S/C18H16O5S/c1-18(13-6-4-3-5-7-13)16(12-17(19)23-18)24(20,21)15-10-8-14(22-2)9-11-15/h3-12H,1-2H3. The fraction of sp³-hybridized carbons (Fsp3) is 0.167. The summed E-state index contributed by atoms with van der Waals surface area (Å²) in [5, 5.41) is 0. The van der Waals surface area contributed by atoms with Crippen molar-refractivity contribution in [3.8, 4) is 5.75 Å². The molecule has 0 saturated carbocycles. The Morgan fingerprint density at radius 1 is 1.00 bits per heavy atom. The summed E-state index contributed by atoms with van der Waals surface area (Å²) < 4.78 is 36.5. The molecule has 1 aliphatic rings. The van der Waals surface area contributed by atoms with Gasteiger partial charge in [0.25, 0.3) is 0 Å². The molecule has 1 heterocycles. The van der Waals surface area contributed by atoms with Crippen molar-refractivity contribution in [3.63, 3.8) is 0 Å². The minimum absolute atomic E-state index is 0.0728. The maximum absolute atomic E-state index is 13.0. The summed E-state index contributed by atoms with van der Waals surface area (Å²) in [6.45, 7) is 1.58. The molecule has 0 fully saturated rings. The number of carbonyl (C=O) groups excluding carboxylic acids is 1. The molecule has 0 N–H and O–H groups in total. The summed E-state index contributed by atoms with van der Waals surface area (Å²) in [5.41, 5.74) is -0.754. The summed E-state index contributed by atoms with van der Waals surface area (Å²) in [5.74, 6) is -0.124. The minimum atomic E-state index is -3.89. The summed E-state index contributed by atoms with van der Waals surface area (Å²) >= 11 is 0. The molecule has 124 valence electrons. The van der Waals surface area contributed by atoms with Gasteiger partial charge in [0.1, 0.15) is 10.7 Å². The molecule has 0 bridgehead atoms. The van der Waals surface area contributed by atoms with Crippen LogP contribution in [0.3, 0.4) is 0 Å². The van der Waals surface area contributed by atoms with Crippen LogP contribution in [0.1, 0.15) is 12.5 Å². The monoisotopic (exact) mass is 344 g/mol. The van der Waals surface area contributed by atoms with Gasteiger partial charge in [-0.15, -0.1) is 0 Å². The van der Waals surface area contributed by atoms with E-state index in [0.717, 1.165) is 6.08 Å². The Labute approximate surface area is 140 Å². The predicted molar refractivity (Wildman–Crippen MR) is 88.1 cm³/mol. The molecule has 1 atom stereocenters. The normalized spacial score (nSPS) is 20.4. The Bertz CT molecular complexity index is 898. The first-order valence-corrected chi connectivity index (χ1v) is 8.76. The molecule has 2 aromatic carbocycles. The van der Waals surface area contributed by atoms with Gasteiger partial charge >= 0.3 is 5.97 Å². The van der Waals surface area contributed by atoms with E-state index < -0.39 is 21.4 Å². The van der Waals surface area contributed by atoms with Crippen LogP contribution in [0.25, 0.3) is 0 Å². The van der Waals surface area contributed by atoms with Crippen molar-refractivity contribution in [2.75, 3.05) is 7.11 Å². The topological polar surface area (TPSA) is 69.7 Å². The van der Waals surface area contributed by atoms with Crippen molar-refractivity contribution >= 4 is 15.8 Å². The Morgan fingerprint density at radius 2 is 1.62 bits per heavy atom. The fourth-order valence-electron chi connectivity index (χ4n) is 2.70. The van der Waals surface area contributed by atoms with Gasteiger partial charge in [0.2, 0.25) is 9.84 Å². The summed E-state index contributed by atoms with van der Waals surface area (Å²) in [4.78, 5) is 11.8. The van der Waals surface area contributed by atoms with Gasteiger partial charge in [0.05, 0.1) is 12.0 Å². The molecule has 6 heteroatoms. The zero-order valence-corrected chi connectivity index (χ0v) is 14.0. The number of benzene rings is 2. The van der Waals surface area contributed by atoms with E-state index in [9.17, 15) is 13.2 Å². The molecule has 2 aromatic rings. The van der Waals surface area contributed by atoms with E-state index >= 15 is 0 Å². The van der Waals surface area contributed by atoms with Crippen molar-refractivity contribution in [2.45, 2.75) is 17.4 Å². The molecule has 1 aliphatic heterocycles. The van der Waals surface area contributed by atoms with Crippen molar-refractivity contribution < 1.29 is 22.7 Å². The zero-order chi connectivity index (χ0) is 17.4. The SMILES string of the molecule is COc1ccc(S(=O)(=O)C2=CC(=O)OC2(C)c2ccccc2)cc1. The Balaban J connectivity index is 2.11. The fourth-order valence-corrected chi connectivity index (χ4v) is 4.37. The van der Waals surface area contributed by atoms with Crippen molar-refractivity contribution in [1.29, 1.82) is 0 Å². The van der Waals surface area contributed by atoms with E-state index in [-0.39, 0.29) is 9.80 Å². The average molecular weight is 344 g/mol. The molecular formula is C18H16O5S. The van der Waals surface area contributed by atoms with Crippen LogP contribution in [0, 0.1) is 0 Å². The molecule has 1 unspecified atom stereocenters. The second kappa shape index (κ2) is 5.79. The first-order chi connectivity index (χ1) is 11.4. The van der Waals surface area contributed by atoms with Gasteiger partial charge < -0.3 is 9.47 Å². The van der Waals surface area contributed by atoms with Gasteiger partial charge in [-0.2, -0.15) is 0 Å². The molecule has 0 amide bonds. The highest BCUT2D eigenvalue weighted by atomic mass is 32.2. The Morgan fingerprint density at radius 3 is 2.21 bits per heavy atom. The van der Waals surface area contributed by atoms with E-state index in [2.05, 4.69) is 0 Å². The number of methoxy groups -OCH3 is 1. The van der Waals surface area contributed by atoms with Gasteiger partial charge in [-0.25, -0.2) is 13.2 Å². The first-order valence-electron chi connectivity index (χ1n) is 7.28. The van der Waals surface area contributed by atoms with Crippen LogP contribution in [-0.4, -0.2) is 21.5 Å². The number of cyclic esters (lactones) is 1.